The number of methoxy groups -OCH3 is 1. The number of nitrogens with one attached hydrogen (secondary N) is 2. The minimum absolute atomic E-state index is 0.311. The van der Waals surface area contributed by atoms with Gasteiger partial charge in [0.2, 0.25) is 0 Å². The molecule has 0 saturated heterocycles. The van der Waals surface area contributed by atoms with E-state index in [9.17, 15) is 14.4 Å². The topological polar surface area (TPSA) is 93.2 Å². The molecule has 0 unspecified atom stereocenters. The Morgan fingerprint density at radius 3 is 2.78 bits per heavy atom. The van der Waals surface area contributed by atoms with Crippen molar-refractivity contribution in [1.29, 1.82) is 0 Å². The lowest BCUT2D eigenvalue weighted by molar-refractivity contribution is 0.183. The van der Waals surface area contributed by atoms with Crippen molar-refractivity contribution >= 4 is 17.0 Å². The standard InChI is InChI=1S/C11H11N3O4/c1-6-3-4-8-7(5-6)9(15)14(10(16)12-8)13-11(17)18-2/h3-5H,1-2H3,(H,12,16)(H,13,17). The van der Waals surface area contributed by atoms with E-state index in [1.165, 1.54) is 0 Å². The van der Waals surface area contributed by atoms with Gasteiger partial charge in [-0.15, -0.1) is 0 Å². The van der Waals surface area contributed by atoms with Crippen molar-refractivity contribution in [2.24, 2.45) is 0 Å². The van der Waals surface area contributed by atoms with Gasteiger partial charge in [-0.2, -0.15) is 4.68 Å². The molecule has 1 amide bonds. The van der Waals surface area contributed by atoms with Gasteiger partial charge in [-0.05, 0) is 19.1 Å². The van der Waals surface area contributed by atoms with E-state index in [1.807, 2.05) is 12.3 Å². The minimum Gasteiger partial charge on any atom is -0.452 e. The summed E-state index contributed by atoms with van der Waals surface area (Å²) < 4.78 is 4.91. The average Bonchev–Trinajstić information content (AvgIpc) is 2.35. The first-order valence-corrected chi connectivity index (χ1v) is 5.13. The van der Waals surface area contributed by atoms with Crippen LogP contribution in [0.25, 0.3) is 10.9 Å². The zero-order valence-corrected chi connectivity index (χ0v) is 9.81. The fourth-order valence-electron chi connectivity index (χ4n) is 1.57. The summed E-state index contributed by atoms with van der Waals surface area (Å²) in [5.74, 6) is 0. The number of benzene rings is 1. The van der Waals surface area contributed by atoms with Crippen LogP contribution in [-0.2, 0) is 4.74 Å². The van der Waals surface area contributed by atoms with Gasteiger partial charge < -0.3 is 9.72 Å². The largest absolute Gasteiger partial charge is 0.452 e. The third kappa shape index (κ3) is 1.97. The summed E-state index contributed by atoms with van der Waals surface area (Å²) >= 11 is 0. The SMILES string of the molecule is COC(=O)Nn1c(=O)[nH]c2ccc(C)cc2c1=O. The number of carbonyl (C=O) groups excluding carboxylic acids is 1. The number of hydrogen-bond donors (Lipinski definition) is 2. The number of aromatic amines is 1. The van der Waals surface area contributed by atoms with Gasteiger partial charge in [0.25, 0.3) is 5.56 Å². The number of ether oxygens (including phenoxy) is 1. The summed E-state index contributed by atoms with van der Waals surface area (Å²) in [4.78, 5) is 37.2. The van der Waals surface area contributed by atoms with Crippen LogP contribution in [-0.4, -0.2) is 22.9 Å². The van der Waals surface area contributed by atoms with E-state index in [0.717, 1.165) is 12.7 Å². The van der Waals surface area contributed by atoms with Gasteiger partial charge in [-0.25, -0.2) is 15.0 Å². The van der Waals surface area contributed by atoms with E-state index in [4.69, 9.17) is 0 Å². The minimum atomic E-state index is -0.894. The van der Waals surface area contributed by atoms with Crippen LogP contribution in [0.2, 0.25) is 0 Å². The number of H-pyrrole nitrogens is 1. The predicted molar refractivity (Wildman–Crippen MR) is 65.3 cm³/mol. The maximum absolute atomic E-state index is 12.0. The Balaban J connectivity index is 2.71. The molecule has 0 atom stereocenters. The molecule has 0 saturated carbocycles. The van der Waals surface area contributed by atoms with Gasteiger partial charge in [0.15, 0.2) is 0 Å². The Bertz CT molecular complexity index is 729. The summed E-state index contributed by atoms with van der Waals surface area (Å²) in [7, 11) is 1.14. The molecule has 1 aromatic heterocycles. The van der Waals surface area contributed by atoms with E-state index >= 15 is 0 Å². The second-order valence-corrected chi connectivity index (χ2v) is 3.72. The van der Waals surface area contributed by atoms with Crippen LogP contribution in [0.5, 0.6) is 0 Å². The van der Waals surface area contributed by atoms with Gasteiger partial charge in [-0.1, -0.05) is 11.6 Å². The van der Waals surface area contributed by atoms with Crippen LogP contribution in [0, 0.1) is 6.92 Å². The second-order valence-electron chi connectivity index (χ2n) is 3.72. The Labute approximate surface area is 101 Å². The van der Waals surface area contributed by atoms with E-state index in [0.29, 0.717) is 15.6 Å². The van der Waals surface area contributed by atoms with E-state index < -0.39 is 17.3 Å². The number of aromatic nitrogens is 2. The molecular weight excluding hydrogens is 238 g/mol. The van der Waals surface area contributed by atoms with Crippen molar-refractivity contribution < 1.29 is 9.53 Å². The molecule has 2 rings (SSSR count). The lowest BCUT2D eigenvalue weighted by atomic mass is 10.2. The smallest absolute Gasteiger partial charge is 0.426 e. The summed E-state index contributed by atoms with van der Waals surface area (Å²) in [6.45, 7) is 1.82. The number of hydrogen-bond acceptors (Lipinski definition) is 4. The van der Waals surface area contributed by atoms with Crippen molar-refractivity contribution in [3.63, 3.8) is 0 Å². The number of rotatable bonds is 1. The van der Waals surface area contributed by atoms with E-state index in [1.54, 1.807) is 18.2 Å². The zero-order chi connectivity index (χ0) is 13.3. The molecular formula is C11H11N3O4. The number of nitrogens with zero attached hydrogens (tertiary/aromatic N) is 1. The molecule has 0 radical (unpaired) electrons. The first-order valence-electron chi connectivity index (χ1n) is 5.13. The maximum Gasteiger partial charge on any atom is 0.426 e. The van der Waals surface area contributed by atoms with Gasteiger partial charge in [0.05, 0.1) is 18.0 Å². The molecule has 18 heavy (non-hydrogen) atoms. The summed E-state index contributed by atoms with van der Waals surface area (Å²) in [5.41, 5.74) is 1.98. The van der Waals surface area contributed by atoms with Gasteiger partial charge in [0, 0.05) is 0 Å². The molecule has 0 aliphatic heterocycles. The number of aryl methyl sites for hydroxylation is 1. The molecule has 0 fully saturated rings. The first kappa shape index (κ1) is 11.9. The highest BCUT2D eigenvalue weighted by atomic mass is 16.5. The molecule has 1 aromatic carbocycles. The third-order valence-electron chi connectivity index (χ3n) is 2.44. The van der Waals surface area contributed by atoms with Crippen molar-refractivity contribution in [1.82, 2.24) is 9.66 Å². The molecule has 0 bridgehead atoms. The summed E-state index contributed by atoms with van der Waals surface area (Å²) in [5, 5.41) is 0.311. The fourth-order valence-corrected chi connectivity index (χ4v) is 1.57. The average molecular weight is 249 g/mol. The van der Waals surface area contributed by atoms with Crippen molar-refractivity contribution in [3.8, 4) is 0 Å². The predicted octanol–water partition coefficient (Wildman–Crippen LogP) is 0.308. The normalized spacial score (nSPS) is 10.3. The Hall–Kier alpha value is -2.57. The van der Waals surface area contributed by atoms with Crippen molar-refractivity contribution in [2.75, 3.05) is 12.5 Å². The number of carbonyl (C=O) groups is 1. The van der Waals surface area contributed by atoms with Crippen LogP contribution < -0.4 is 16.7 Å². The molecule has 0 aliphatic rings. The molecule has 2 N–H and O–H groups in total. The fraction of sp³-hybridized carbons (Fsp3) is 0.182. The van der Waals surface area contributed by atoms with Gasteiger partial charge >= 0.3 is 11.8 Å². The summed E-state index contributed by atoms with van der Waals surface area (Å²) in [6, 6.07) is 5.04. The van der Waals surface area contributed by atoms with Crippen LogP contribution in [0.15, 0.2) is 27.8 Å². The Kier molecular flexibility index (Phi) is 2.88. The molecule has 7 nitrogen and oxygen atoms in total. The Morgan fingerprint density at radius 2 is 2.11 bits per heavy atom. The highest BCUT2D eigenvalue weighted by Crippen LogP contribution is 2.07. The number of fused-ring (bicyclic) bond motifs is 1. The van der Waals surface area contributed by atoms with Crippen molar-refractivity contribution in [3.05, 3.63) is 44.6 Å². The van der Waals surface area contributed by atoms with Crippen molar-refractivity contribution in [2.45, 2.75) is 6.92 Å². The van der Waals surface area contributed by atoms with E-state index in [-0.39, 0.29) is 0 Å². The van der Waals surface area contributed by atoms with Crippen LogP contribution in [0.4, 0.5) is 4.79 Å². The lowest BCUT2D eigenvalue weighted by Gasteiger charge is -2.07. The quantitative estimate of drug-likeness (QED) is 0.760. The molecule has 0 aliphatic carbocycles. The van der Waals surface area contributed by atoms with Crippen LogP contribution in [0.1, 0.15) is 5.56 Å². The molecule has 94 valence electrons. The van der Waals surface area contributed by atoms with E-state index in [2.05, 4.69) is 9.72 Å². The van der Waals surface area contributed by atoms with Gasteiger partial charge in [0.1, 0.15) is 0 Å². The maximum atomic E-state index is 12.0. The monoisotopic (exact) mass is 249 g/mol. The highest BCUT2D eigenvalue weighted by Gasteiger charge is 2.10. The van der Waals surface area contributed by atoms with Crippen LogP contribution >= 0.6 is 0 Å². The number of amides is 1. The van der Waals surface area contributed by atoms with Crippen LogP contribution in [0.3, 0.4) is 0 Å². The van der Waals surface area contributed by atoms with Gasteiger partial charge in [-0.3, -0.25) is 4.79 Å². The Morgan fingerprint density at radius 1 is 1.39 bits per heavy atom. The molecule has 1 heterocycles. The molecule has 0 spiro atoms. The summed E-state index contributed by atoms with van der Waals surface area (Å²) in [6.07, 6.45) is -0.894. The zero-order valence-electron chi connectivity index (χ0n) is 9.81. The lowest BCUT2D eigenvalue weighted by Crippen LogP contribution is -2.43. The molecule has 2 aromatic rings. The molecule has 7 heteroatoms. The first-order chi connectivity index (χ1) is 8.52. The third-order valence-corrected chi connectivity index (χ3v) is 2.44. The highest BCUT2D eigenvalue weighted by molar-refractivity contribution is 5.79. The second kappa shape index (κ2) is 4.36.